The first kappa shape index (κ1) is 25.8. The van der Waals surface area contributed by atoms with Crippen LogP contribution in [0.3, 0.4) is 0 Å². The molecule has 0 radical (unpaired) electrons. The van der Waals surface area contributed by atoms with Gasteiger partial charge in [0.15, 0.2) is 0 Å². The maximum absolute atomic E-state index is 13.6. The van der Waals surface area contributed by atoms with Crippen LogP contribution in [-0.4, -0.2) is 59.1 Å². The second-order valence-electron chi connectivity index (χ2n) is 4.36. The molecule has 1 atom stereocenters. The fourth-order valence-corrected chi connectivity index (χ4v) is 1.41. The fourth-order valence-electron chi connectivity index (χ4n) is 1.08. The Kier molecular flexibility index (Phi) is 7.30. The number of carbonyl (C=O) groups is 1. The molecule has 1 unspecified atom stereocenters. The van der Waals surface area contributed by atoms with Crippen molar-refractivity contribution in [1.29, 1.82) is 0 Å². The van der Waals surface area contributed by atoms with E-state index >= 15 is 0 Å². The Morgan fingerprint density at radius 3 is 1.67 bits per heavy atom. The van der Waals surface area contributed by atoms with Gasteiger partial charge in [-0.25, -0.2) is 4.57 Å². The number of halogens is 11. The minimum Gasteiger partial charge on any atom is -0.348 e. The zero-order valence-electron chi connectivity index (χ0n) is 12.0. The van der Waals surface area contributed by atoms with Crippen molar-refractivity contribution in [3.8, 4) is 0 Å². The van der Waals surface area contributed by atoms with E-state index in [9.17, 15) is 57.7 Å². The average Bonchev–Trinajstić information content (AvgIpc) is 2.38. The molecule has 0 aliphatic rings. The quantitative estimate of drug-likeness (QED) is 0.296. The third-order valence-electron chi connectivity index (χ3n) is 2.29. The first-order chi connectivity index (χ1) is 11.6. The molecule has 0 bridgehead atoms. The molecule has 0 aromatic rings. The van der Waals surface area contributed by atoms with Crippen molar-refractivity contribution >= 4 is 13.7 Å². The van der Waals surface area contributed by atoms with Gasteiger partial charge in [0, 0.05) is 6.54 Å². The number of hydrogen-bond donors (Lipinski definition) is 3. The van der Waals surface area contributed by atoms with E-state index in [0.717, 1.165) is 5.32 Å². The van der Waals surface area contributed by atoms with Crippen molar-refractivity contribution in [3.05, 3.63) is 0 Å². The smallest absolute Gasteiger partial charge is 0.348 e. The number of rotatable bonds is 8. The monoisotopic (exact) mass is 453 g/mol. The van der Waals surface area contributed by atoms with Gasteiger partial charge in [-0.15, -0.1) is 0 Å². The predicted octanol–water partition coefficient (Wildman–Crippen LogP) is 2.25. The molecule has 0 aromatic carbocycles. The van der Waals surface area contributed by atoms with Crippen LogP contribution in [0, 0.1) is 0 Å². The average molecular weight is 453 g/mol. The summed E-state index contributed by atoms with van der Waals surface area (Å²) >= 11 is 0. The molecule has 0 rings (SSSR count). The molecule has 0 fully saturated rings. The van der Waals surface area contributed by atoms with Gasteiger partial charge in [-0.05, 0) is 0 Å². The highest BCUT2D eigenvalue weighted by Gasteiger charge is 2.79. The van der Waals surface area contributed by atoms with Crippen LogP contribution in [0.25, 0.3) is 0 Å². The minimum atomic E-state index is -7.33. The Balaban J connectivity index is 5.54. The van der Waals surface area contributed by atoms with E-state index in [1.54, 1.807) is 0 Å². The molecule has 0 aliphatic heterocycles. The third kappa shape index (κ3) is 6.13. The highest BCUT2D eigenvalue weighted by Crippen LogP contribution is 2.51. The van der Waals surface area contributed by atoms with Crippen LogP contribution in [-0.2, 0) is 18.6 Å². The van der Waals surface area contributed by atoms with Crippen LogP contribution < -0.4 is 5.32 Å². The van der Waals surface area contributed by atoms with Gasteiger partial charge in [0.05, 0.1) is 6.61 Å². The van der Waals surface area contributed by atoms with Gasteiger partial charge in [0.25, 0.3) is 5.91 Å². The Labute approximate surface area is 140 Å². The minimum absolute atomic E-state index is 0.728. The summed E-state index contributed by atoms with van der Waals surface area (Å²) in [5.41, 5.74) is 0. The first-order valence-corrected chi connectivity index (χ1v) is 7.38. The Morgan fingerprint density at radius 1 is 0.889 bits per heavy atom. The normalized spacial score (nSPS) is 16.8. The van der Waals surface area contributed by atoms with E-state index < -0.39 is 57.1 Å². The Hall–Kier alpha value is -1.23. The molecule has 0 heterocycles. The standard InChI is InChI=1S/C8H7F11NO6P/c9-4(6(12,13)14,3(21)20-1-2-25-27(22,23)24)26-8(18,19)5(10,11)7(15,16)17/h1-2H2,(H,20,21)(H2,22,23,24). The van der Waals surface area contributed by atoms with Crippen molar-refractivity contribution in [2.24, 2.45) is 0 Å². The van der Waals surface area contributed by atoms with Crippen LogP contribution in [0.4, 0.5) is 48.3 Å². The highest BCUT2D eigenvalue weighted by molar-refractivity contribution is 7.46. The first-order valence-electron chi connectivity index (χ1n) is 5.85. The zero-order valence-corrected chi connectivity index (χ0v) is 12.9. The lowest BCUT2D eigenvalue weighted by atomic mass is 10.2. The molecule has 1 amide bonds. The third-order valence-corrected chi connectivity index (χ3v) is 2.81. The summed E-state index contributed by atoms with van der Waals surface area (Å²) in [6.45, 7) is -2.75. The maximum atomic E-state index is 13.6. The number of phosphoric acid groups is 1. The number of phosphoric ester groups is 1. The molecule has 0 spiro atoms. The van der Waals surface area contributed by atoms with Gasteiger partial charge in [0.1, 0.15) is 0 Å². The van der Waals surface area contributed by atoms with Crippen LogP contribution in [0.1, 0.15) is 0 Å². The molecule has 162 valence electrons. The van der Waals surface area contributed by atoms with Crippen LogP contribution in [0.15, 0.2) is 0 Å². The molecule has 0 saturated heterocycles. The second-order valence-corrected chi connectivity index (χ2v) is 5.60. The molecule has 0 saturated carbocycles. The van der Waals surface area contributed by atoms with Crippen LogP contribution >= 0.6 is 7.82 Å². The topological polar surface area (TPSA) is 105 Å². The molecule has 27 heavy (non-hydrogen) atoms. The van der Waals surface area contributed by atoms with E-state index in [2.05, 4.69) is 4.52 Å². The summed E-state index contributed by atoms with van der Waals surface area (Å²) in [5.74, 6) is -17.0. The van der Waals surface area contributed by atoms with Crippen molar-refractivity contribution in [2.45, 2.75) is 30.2 Å². The molecule has 3 N–H and O–H groups in total. The van der Waals surface area contributed by atoms with Gasteiger partial charge in [-0.3, -0.25) is 14.1 Å². The SMILES string of the molecule is O=C(NCCOP(=O)(O)O)C(F)(OC(F)(F)C(F)(F)C(F)(F)F)C(F)(F)F. The van der Waals surface area contributed by atoms with E-state index in [0.29, 0.717) is 0 Å². The summed E-state index contributed by atoms with van der Waals surface area (Å²) in [5, 5.41) is 0.728. The van der Waals surface area contributed by atoms with Gasteiger partial charge in [-0.2, -0.15) is 48.3 Å². The number of carbonyl (C=O) groups excluding carboxylic acids is 1. The summed E-state index contributed by atoms with van der Waals surface area (Å²) in [4.78, 5) is 27.4. The van der Waals surface area contributed by atoms with E-state index in [4.69, 9.17) is 9.79 Å². The second kappa shape index (κ2) is 7.65. The molecule has 0 aromatic heterocycles. The van der Waals surface area contributed by atoms with E-state index in [-0.39, 0.29) is 0 Å². The number of amides is 1. The maximum Gasteiger partial charge on any atom is 0.469 e. The Bertz CT molecular complexity index is 586. The zero-order chi connectivity index (χ0) is 22.1. The summed E-state index contributed by atoms with van der Waals surface area (Å²) in [7, 11) is -5.22. The van der Waals surface area contributed by atoms with Crippen molar-refractivity contribution in [3.63, 3.8) is 0 Å². The van der Waals surface area contributed by atoms with E-state index in [1.165, 1.54) is 0 Å². The largest absolute Gasteiger partial charge is 0.469 e. The highest BCUT2D eigenvalue weighted by atomic mass is 31.2. The van der Waals surface area contributed by atoms with E-state index in [1.807, 2.05) is 4.74 Å². The lowest BCUT2D eigenvalue weighted by Crippen LogP contribution is -2.63. The summed E-state index contributed by atoms with van der Waals surface area (Å²) in [6.07, 6.45) is -21.2. The molecular weight excluding hydrogens is 446 g/mol. The molecule has 0 aliphatic carbocycles. The number of hydrogen-bond acceptors (Lipinski definition) is 4. The predicted molar refractivity (Wildman–Crippen MR) is 57.9 cm³/mol. The van der Waals surface area contributed by atoms with Crippen LogP contribution in [0.5, 0.6) is 0 Å². The number of alkyl halides is 11. The van der Waals surface area contributed by atoms with Crippen LogP contribution in [0.2, 0.25) is 0 Å². The molecular formula is C8H7F11NO6P. The summed E-state index contributed by atoms with van der Waals surface area (Å²) < 4.78 is 153. The van der Waals surface area contributed by atoms with Gasteiger partial charge >= 0.3 is 38.1 Å². The molecule has 19 heteroatoms. The van der Waals surface area contributed by atoms with Gasteiger partial charge < -0.3 is 15.1 Å². The fraction of sp³-hybridized carbons (Fsp3) is 0.875. The Morgan fingerprint density at radius 2 is 1.33 bits per heavy atom. The number of ether oxygens (including phenoxy) is 1. The van der Waals surface area contributed by atoms with Crippen molar-refractivity contribution in [1.82, 2.24) is 5.32 Å². The number of nitrogens with one attached hydrogen (secondary N) is 1. The molecule has 7 nitrogen and oxygen atoms in total. The lowest BCUT2D eigenvalue weighted by molar-refractivity contribution is -0.472. The van der Waals surface area contributed by atoms with Gasteiger partial charge in [0.2, 0.25) is 0 Å². The van der Waals surface area contributed by atoms with Gasteiger partial charge in [-0.1, -0.05) is 0 Å². The van der Waals surface area contributed by atoms with Crippen molar-refractivity contribution in [2.75, 3.05) is 13.2 Å². The van der Waals surface area contributed by atoms with Crippen molar-refractivity contribution < 1.29 is 76.7 Å². The summed E-state index contributed by atoms with van der Waals surface area (Å²) in [6, 6.07) is 0. The lowest BCUT2D eigenvalue weighted by Gasteiger charge is -2.34.